The van der Waals surface area contributed by atoms with Crippen molar-refractivity contribution in [3.05, 3.63) is 57.4 Å². The number of aryl methyl sites for hydroxylation is 2. The van der Waals surface area contributed by atoms with Crippen LogP contribution in [0.25, 0.3) is 0 Å². The smallest absolute Gasteiger partial charge is 0.231 e. The fraction of sp³-hybridized carbons (Fsp3) is 0.316. The molecule has 0 radical (unpaired) electrons. The van der Waals surface area contributed by atoms with E-state index >= 15 is 0 Å². The Morgan fingerprint density at radius 2 is 2.00 bits per heavy atom. The molecular weight excluding hydrogens is 366 g/mol. The summed E-state index contributed by atoms with van der Waals surface area (Å²) in [6.07, 6.45) is 1.24. The van der Waals surface area contributed by atoms with Gasteiger partial charge in [-0.05, 0) is 36.8 Å². The molecule has 2 aromatic heterocycles. The van der Waals surface area contributed by atoms with Gasteiger partial charge in [0.1, 0.15) is 0 Å². The molecule has 0 spiro atoms. The Kier molecular flexibility index (Phi) is 5.06. The summed E-state index contributed by atoms with van der Waals surface area (Å²) in [5.41, 5.74) is 0.999. The van der Waals surface area contributed by atoms with Crippen molar-refractivity contribution in [2.75, 3.05) is 6.79 Å². The number of ether oxygens (including phenoxy) is 2. The van der Waals surface area contributed by atoms with Gasteiger partial charge in [0.2, 0.25) is 24.5 Å². The molecule has 27 heavy (non-hydrogen) atoms. The monoisotopic (exact) mass is 385 g/mol. The van der Waals surface area contributed by atoms with E-state index in [1.165, 1.54) is 4.88 Å². The van der Waals surface area contributed by atoms with Gasteiger partial charge in [0.25, 0.3) is 0 Å². The van der Waals surface area contributed by atoms with E-state index in [2.05, 4.69) is 15.5 Å². The van der Waals surface area contributed by atoms with Crippen molar-refractivity contribution in [1.82, 2.24) is 15.5 Å². The van der Waals surface area contributed by atoms with Gasteiger partial charge >= 0.3 is 0 Å². The van der Waals surface area contributed by atoms with Gasteiger partial charge in [-0.2, -0.15) is 0 Å². The van der Waals surface area contributed by atoms with Crippen LogP contribution in [0.15, 0.2) is 34.7 Å². The van der Waals surface area contributed by atoms with E-state index in [0.29, 0.717) is 37.6 Å². The van der Waals surface area contributed by atoms with Gasteiger partial charge < -0.3 is 19.2 Å². The molecule has 1 aromatic carbocycles. The predicted molar refractivity (Wildman–Crippen MR) is 98.9 cm³/mol. The van der Waals surface area contributed by atoms with Gasteiger partial charge in [-0.25, -0.2) is 0 Å². The summed E-state index contributed by atoms with van der Waals surface area (Å²) in [6, 6.07) is 9.80. The standard InChI is InChI=1S/C19H19N3O4S/c1-12-2-4-14(27-12)10-20-17(23)6-7-18-21-22-19(26-18)9-13-3-5-15-16(8-13)25-11-24-15/h2-5,8H,6-7,9-11H2,1H3,(H,20,23). The largest absolute Gasteiger partial charge is 0.454 e. The highest BCUT2D eigenvalue weighted by Crippen LogP contribution is 2.33. The molecule has 0 atom stereocenters. The first-order chi connectivity index (χ1) is 13.2. The number of carbonyl (C=O) groups is 1. The van der Waals surface area contributed by atoms with Crippen LogP contribution < -0.4 is 14.8 Å². The fourth-order valence-electron chi connectivity index (χ4n) is 2.76. The third-order valence-electron chi connectivity index (χ3n) is 4.12. The highest BCUT2D eigenvalue weighted by molar-refractivity contribution is 7.11. The molecule has 0 aliphatic carbocycles. The second kappa shape index (κ2) is 7.79. The summed E-state index contributed by atoms with van der Waals surface area (Å²) in [5, 5.41) is 11.0. The fourth-order valence-corrected chi connectivity index (χ4v) is 3.59. The highest BCUT2D eigenvalue weighted by atomic mass is 32.1. The Bertz CT molecular complexity index is 950. The zero-order valence-electron chi connectivity index (χ0n) is 14.9. The number of carbonyl (C=O) groups excluding carboxylic acids is 1. The van der Waals surface area contributed by atoms with Crippen molar-refractivity contribution in [3.63, 3.8) is 0 Å². The van der Waals surface area contributed by atoms with Crippen LogP contribution in [0.5, 0.6) is 11.5 Å². The first-order valence-corrected chi connectivity index (χ1v) is 9.49. The van der Waals surface area contributed by atoms with Crippen LogP contribution in [0.3, 0.4) is 0 Å². The van der Waals surface area contributed by atoms with E-state index in [9.17, 15) is 4.79 Å². The third-order valence-corrected chi connectivity index (χ3v) is 5.12. The van der Waals surface area contributed by atoms with Gasteiger partial charge in [-0.3, -0.25) is 4.79 Å². The Balaban J connectivity index is 1.26. The predicted octanol–water partition coefficient (Wildman–Crippen LogP) is 3.01. The van der Waals surface area contributed by atoms with Crippen LogP contribution in [0.2, 0.25) is 0 Å². The van der Waals surface area contributed by atoms with E-state index in [1.54, 1.807) is 11.3 Å². The van der Waals surface area contributed by atoms with Gasteiger partial charge in [-0.15, -0.1) is 21.5 Å². The van der Waals surface area contributed by atoms with E-state index < -0.39 is 0 Å². The van der Waals surface area contributed by atoms with Crippen molar-refractivity contribution >= 4 is 17.2 Å². The maximum absolute atomic E-state index is 12.0. The normalized spacial score (nSPS) is 12.3. The van der Waals surface area contributed by atoms with Crippen LogP contribution in [0.4, 0.5) is 0 Å². The minimum absolute atomic E-state index is 0.0309. The third kappa shape index (κ3) is 4.46. The highest BCUT2D eigenvalue weighted by Gasteiger charge is 2.15. The van der Waals surface area contributed by atoms with Crippen molar-refractivity contribution in [2.45, 2.75) is 32.7 Å². The SMILES string of the molecule is Cc1ccc(CNC(=O)CCc2nnc(Cc3ccc4c(c3)OCO4)o2)s1. The van der Waals surface area contributed by atoms with E-state index in [4.69, 9.17) is 13.9 Å². The summed E-state index contributed by atoms with van der Waals surface area (Å²) in [7, 11) is 0. The zero-order chi connectivity index (χ0) is 18.6. The Morgan fingerprint density at radius 1 is 1.15 bits per heavy atom. The maximum Gasteiger partial charge on any atom is 0.231 e. The number of rotatable bonds is 7. The summed E-state index contributed by atoms with van der Waals surface area (Å²) in [6.45, 7) is 2.85. The molecule has 0 saturated carbocycles. The van der Waals surface area contributed by atoms with E-state index in [1.807, 2.05) is 37.3 Å². The van der Waals surface area contributed by atoms with Crippen molar-refractivity contribution in [1.29, 1.82) is 0 Å². The molecule has 1 amide bonds. The molecule has 7 nitrogen and oxygen atoms in total. The number of benzene rings is 1. The Hall–Kier alpha value is -2.87. The molecule has 0 saturated heterocycles. The van der Waals surface area contributed by atoms with Crippen LogP contribution in [0.1, 0.15) is 33.5 Å². The average molecular weight is 385 g/mol. The first-order valence-electron chi connectivity index (χ1n) is 8.67. The molecule has 140 valence electrons. The molecular formula is C19H19N3O4S. The number of hydrogen-bond acceptors (Lipinski definition) is 7. The van der Waals surface area contributed by atoms with Crippen LogP contribution in [0, 0.1) is 6.92 Å². The summed E-state index contributed by atoms with van der Waals surface area (Å²) < 4.78 is 16.3. The van der Waals surface area contributed by atoms with E-state index in [0.717, 1.165) is 21.9 Å². The number of nitrogens with zero attached hydrogens (tertiary/aromatic N) is 2. The van der Waals surface area contributed by atoms with Crippen molar-refractivity contribution < 1.29 is 18.7 Å². The summed E-state index contributed by atoms with van der Waals surface area (Å²) >= 11 is 1.68. The minimum atomic E-state index is -0.0309. The molecule has 0 fully saturated rings. The first kappa shape index (κ1) is 17.5. The number of nitrogens with one attached hydrogen (secondary N) is 1. The van der Waals surface area contributed by atoms with Crippen LogP contribution >= 0.6 is 11.3 Å². The number of aromatic nitrogens is 2. The second-order valence-electron chi connectivity index (χ2n) is 6.24. The quantitative estimate of drug-likeness (QED) is 0.673. The molecule has 1 aliphatic rings. The molecule has 8 heteroatoms. The van der Waals surface area contributed by atoms with Gasteiger partial charge in [0, 0.05) is 22.6 Å². The maximum atomic E-state index is 12.0. The number of hydrogen-bond donors (Lipinski definition) is 1. The lowest BCUT2D eigenvalue weighted by molar-refractivity contribution is -0.121. The van der Waals surface area contributed by atoms with Crippen LogP contribution in [-0.4, -0.2) is 22.9 Å². The van der Waals surface area contributed by atoms with Gasteiger partial charge in [0.15, 0.2) is 11.5 Å². The Labute approximate surface area is 160 Å². The summed E-state index contributed by atoms with van der Waals surface area (Å²) in [4.78, 5) is 14.4. The molecule has 4 rings (SSSR count). The van der Waals surface area contributed by atoms with Gasteiger partial charge in [-0.1, -0.05) is 6.07 Å². The number of fused-ring (bicyclic) bond motifs is 1. The minimum Gasteiger partial charge on any atom is -0.454 e. The van der Waals surface area contributed by atoms with Crippen LogP contribution in [-0.2, 0) is 24.2 Å². The lowest BCUT2D eigenvalue weighted by Gasteiger charge is -2.02. The summed E-state index contributed by atoms with van der Waals surface area (Å²) in [5.74, 6) is 2.42. The molecule has 1 N–H and O–H groups in total. The second-order valence-corrected chi connectivity index (χ2v) is 7.62. The molecule has 3 aromatic rings. The van der Waals surface area contributed by atoms with Gasteiger partial charge in [0.05, 0.1) is 13.0 Å². The Morgan fingerprint density at radius 3 is 2.85 bits per heavy atom. The van der Waals surface area contributed by atoms with Crippen molar-refractivity contribution in [2.24, 2.45) is 0 Å². The molecule has 0 bridgehead atoms. The number of amides is 1. The molecule has 3 heterocycles. The van der Waals surface area contributed by atoms with E-state index in [-0.39, 0.29) is 12.7 Å². The average Bonchev–Trinajstić information content (AvgIpc) is 3.39. The molecule has 0 unspecified atom stereocenters. The molecule has 1 aliphatic heterocycles. The number of thiophene rings is 1. The van der Waals surface area contributed by atoms with Crippen molar-refractivity contribution in [3.8, 4) is 11.5 Å². The zero-order valence-corrected chi connectivity index (χ0v) is 15.7. The lowest BCUT2D eigenvalue weighted by Crippen LogP contribution is -2.22. The topological polar surface area (TPSA) is 86.5 Å². The lowest BCUT2D eigenvalue weighted by atomic mass is 10.1.